The Hall–Kier alpha value is -2.97. The molecule has 0 saturated heterocycles. The normalized spacial score (nSPS) is 12.4. The largest absolute Gasteiger partial charge is 0.489 e. The highest BCUT2D eigenvalue weighted by Crippen LogP contribution is 2.32. The molecule has 31 heavy (non-hydrogen) atoms. The van der Waals surface area contributed by atoms with Crippen molar-refractivity contribution in [3.05, 3.63) is 18.2 Å². The van der Waals surface area contributed by atoms with E-state index in [0.29, 0.717) is 23.4 Å². The summed E-state index contributed by atoms with van der Waals surface area (Å²) in [6, 6.07) is 4.30. The topological polar surface area (TPSA) is 97.4 Å². The minimum Gasteiger partial charge on any atom is -0.489 e. The van der Waals surface area contributed by atoms with E-state index in [0.717, 1.165) is 0 Å². The molecule has 9 heteroatoms. The third-order valence-electron chi connectivity index (χ3n) is 3.76. The molecule has 0 saturated carbocycles. The predicted octanol–water partition coefficient (Wildman–Crippen LogP) is 3.59. The fraction of sp³-hybridized carbons (Fsp3) is 0.591. The van der Waals surface area contributed by atoms with Crippen molar-refractivity contribution in [1.82, 2.24) is 5.32 Å². The average Bonchev–Trinajstić information content (AvgIpc) is 2.61. The Morgan fingerprint density at radius 3 is 2.10 bits per heavy atom. The Kier molecular flexibility index (Phi) is 8.72. The van der Waals surface area contributed by atoms with Gasteiger partial charge < -0.3 is 29.2 Å². The number of carbonyl (C=O) groups is 3. The van der Waals surface area contributed by atoms with Gasteiger partial charge in [0.2, 0.25) is 0 Å². The maximum atomic E-state index is 12.3. The first-order chi connectivity index (χ1) is 14.1. The summed E-state index contributed by atoms with van der Waals surface area (Å²) in [6.45, 7) is 10.5. The fourth-order valence-electron chi connectivity index (χ4n) is 2.38. The van der Waals surface area contributed by atoms with E-state index in [1.54, 1.807) is 66.8 Å². The number of nitrogens with zero attached hydrogens (tertiary/aromatic N) is 2. The molecule has 0 aromatic heterocycles. The SMILES string of the molecule is CN(C)c1cc(N(C)C(=O)OC(C)(C)C)ccc1OC[C@@H](C=O)NC(=O)OC(C)(C)C. The predicted molar refractivity (Wildman–Crippen MR) is 120 cm³/mol. The van der Waals surface area contributed by atoms with Crippen LogP contribution >= 0.6 is 0 Å². The van der Waals surface area contributed by atoms with Crippen molar-refractivity contribution in [3.63, 3.8) is 0 Å². The second kappa shape index (κ2) is 10.4. The van der Waals surface area contributed by atoms with Crippen molar-refractivity contribution in [2.45, 2.75) is 58.8 Å². The minimum atomic E-state index is -0.881. The van der Waals surface area contributed by atoms with Crippen LogP contribution in [0.4, 0.5) is 21.0 Å². The van der Waals surface area contributed by atoms with Gasteiger partial charge in [0.25, 0.3) is 0 Å². The van der Waals surface area contributed by atoms with E-state index in [2.05, 4.69) is 5.32 Å². The van der Waals surface area contributed by atoms with E-state index in [1.165, 1.54) is 4.90 Å². The van der Waals surface area contributed by atoms with Crippen molar-refractivity contribution in [1.29, 1.82) is 0 Å². The highest BCUT2D eigenvalue weighted by atomic mass is 16.6. The zero-order valence-electron chi connectivity index (χ0n) is 19.9. The third-order valence-corrected chi connectivity index (χ3v) is 3.76. The van der Waals surface area contributed by atoms with Gasteiger partial charge in [0.1, 0.15) is 35.9 Å². The van der Waals surface area contributed by atoms with Crippen molar-refractivity contribution in [2.75, 3.05) is 37.5 Å². The summed E-state index contributed by atoms with van der Waals surface area (Å²) >= 11 is 0. The fourth-order valence-corrected chi connectivity index (χ4v) is 2.38. The standard InChI is InChI=1S/C22H35N3O6/c1-21(2,3)30-19(27)23-15(13-26)14-29-18-11-10-16(12-17(18)24(7)8)25(9)20(28)31-22(4,5)6/h10-13,15H,14H2,1-9H3,(H,23,27)/t15-/m1/s1. The maximum Gasteiger partial charge on any atom is 0.414 e. The summed E-state index contributed by atoms with van der Waals surface area (Å²) in [6.07, 6.45) is -0.590. The summed E-state index contributed by atoms with van der Waals surface area (Å²) in [5.41, 5.74) is 0.0230. The van der Waals surface area contributed by atoms with Gasteiger partial charge >= 0.3 is 12.2 Å². The molecule has 0 spiro atoms. The Balaban J connectivity index is 2.92. The monoisotopic (exact) mass is 437 g/mol. The lowest BCUT2D eigenvalue weighted by Gasteiger charge is -2.26. The number of anilines is 2. The minimum absolute atomic E-state index is 0.0785. The molecule has 1 aromatic carbocycles. The molecular formula is C22H35N3O6. The molecule has 1 atom stereocenters. The highest BCUT2D eigenvalue weighted by Gasteiger charge is 2.23. The van der Waals surface area contributed by atoms with Crippen LogP contribution in [0.1, 0.15) is 41.5 Å². The zero-order valence-corrected chi connectivity index (χ0v) is 19.9. The molecule has 1 rings (SSSR count). The van der Waals surface area contributed by atoms with Gasteiger partial charge in [-0.15, -0.1) is 0 Å². The molecule has 2 amide bonds. The highest BCUT2D eigenvalue weighted by molar-refractivity contribution is 5.88. The van der Waals surface area contributed by atoms with E-state index in [-0.39, 0.29) is 6.61 Å². The van der Waals surface area contributed by atoms with Crippen LogP contribution in [-0.2, 0) is 14.3 Å². The van der Waals surface area contributed by atoms with Crippen molar-refractivity contribution in [2.24, 2.45) is 0 Å². The molecule has 0 heterocycles. The lowest BCUT2D eigenvalue weighted by Crippen LogP contribution is -2.43. The first-order valence-corrected chi connectivity index (χ1v) is 9.98. The van der Waals surface area contributed by atoms with Crippen molar-refractivity contribution < 1.29 is 28.6 Å². The van der Waals surface area contributed by atoms with Crippen LogP contribution < -0.4 is 19.9 Å². The molecule has 0 radical (unpaired) electrons. The van der Waals surface area contributed by atoms with Crippen LogP contribution in [0.2, 0.25) is 0 Å². The van der Waals surface area contributed by atoms with Gasteiger partial charge in [-0.1, -0.05) is 0 Å². The smallest absolute Gasteiger partial charge is 0.414 e. The molecule has 0 aliphatic heterocycles. The first kappa shape index (κ1) is 26.1. The third kappa shape index (κ3) is 9.15. The summed E-state index contributed by atoms with van der Waals surface area (Å²) in [5, 5.41) is 2.47. The lowest BCUT2D eigenvalue weighted by molar-refractivity contribution is -0.110. The van der Waals surface area contributed by atoms with Crippen LogP contribution in [0.15, 0.2) is 18.2 Å². The number of rotatable bonds is 7. The Morgan fingerprint density at radius 1 is 1.03 bits per heavy atom. The van der Waals surface area contributed by atoms with Gasteiger partial charge in [0, 0.05) is 26.8 Å². The number of ether oxygens (including phenoxy) is 3. The first-order valence-electron chi connectivity index (χ1n) is 9.98. The molecule has 0 aliphatic carbocycles. The van der Waals surface area contributed by atoms with E-state index in [1.807, 2.05) is 19.0 Å². The van der Waals surface area contributed by atoms with Crippen molar-refractivity contribution in [3.8, 4) is 5.75 Å². The molecule has 0 unspecified atom stereocenters. The molecule has 174 valence electrons. The Labute approximate surface area is 184 Å². The zero-order chi connectivity index (χ0) is 24.0. The molecule has 1 aromatic rings. The molecule has 1 N–H and O–H groups in total. The van der Waals surface area contributed by atoms with Crippen LogP contribution in [0.5, 0.6) is 5.75 Å². The summed E-state index contributed by atoms with van der Waals surface area (Å²) in [7, 11) is 5.28. The summed E-state index contributed by atoms with van der Waals surface area (Å²) in [4.78, 5) is 38.8. The van der Waals surface area contributed by atoms with E-state index in [9.17, 15) is 14.4 Å². The number of carbonyl (C=O) groups excluding carboxylic acids is 3. The molecule has 9 nitrogen and oxygen atoms in total. The second-order valence-corrected chi connectivity index (χ2v) is 9.29. The Bertz CT molecular complexity index is 780. The lowest BCUT2D eigenvalue weighted by atomic mass is 10.2. The van der Waals surface area contributed by atoms with E-state index in [4.69, 9.17) is 14.2 Å². The van der Waals surface area contributed by atoms with E-state index >= 15 is 0 Å². The number of aldehydes is 1. The average molecular weight is 438 g/mol. The number of hydrogen-bond donors (Lipinski definition) is 1. The molecule has 0 aliphatic rings. The number of hydrogen-bond acceptors (Lipinski definition) is 7. The summed E-state index contributed by atoms with van der Waals surface area (Å²) in [5.74, 6) is 0.490. The number of alkyl carbamates (subject to hydrolysis) is 1. The molecule has 0 bridgehead atoms. The van der Waals surface area contributed by atoms with Gasteiger partial charge in [-0.3, -0.25) is 4.90 Å². The van der Waals surface area contributed by atoms with Crippen molar-refractivity contribution >= 4 is 29.8 Å². The molecule has 0 fully saturated rings. The number of nitrogens with one attached hydrogen (secondary N) is 1. The van der Waals surface area contributed by atoms with Gasteiger partial charge in [0.05, 0.1) is 5.69 Å². The maximum absolute atomic E-state index is 12.3. The quantitative estimate of drug-likeness (QED) is 0.651. The number of benzene rings is 1. The second-order valence-electron chi connectivity index (χ2n) is 9.29. The molecular weight excluding hydrogens is 402 g/mol. The Morgan fingerprint density at radius 2 is 1.61 bits per heavy atom. The van der Waals surface area contributed by atoms with Gasteiger partial charge in [-0.05, 0) is 59.7 Å². The van der Waals surface area contributed by atoms with Crippen LogP contribution in [0.3, 0.4) is 0 Å². The number of amides is 2. The van der Waals surface area contributed by atoms with Gasteiger partial charge in [-0.2, -0.15) is 0 Å². The van der Waals surface area contributed by atoms with Crippen LogP contribution in [-0.4, -0.2) is 63.5 Å². The van der Waals surface area contributed by atoms with Crippen LogP contribution in [0, 0.1) is 0 Å². The van der Waals surface area contributed by atoms with E-state index < -0.39 is 29.4 Å². The van der Waals surface area contributed by atoms with Gasteiger partial charge in [0.15, 0.2) is 0 Å². The van der Waals surface area contributed by atoms with Gasteiger partial charge in [-0.25, -0.2) is 9.59 Å². The summed E-state index contributed by atoms with van der Waals surface area (Å²) < 4.78 is 16.3. The van der Waals surface area contributed by atoms with Crippen LogP contribution in [0.25, 0.3) is 0 Å².